The van der Waals surface area contributed by atoms with Gasteiger partial charge in [-0.15, -0.1) is 10.2 Å². The smallest absolute Gasteiger partial charge is 0.241 e. The zero-order valence-corrected chi connectivity index (χ0v) is 11.5. The highest BCUT2D eigenvalue weighted by Crippen LogP contribution is 2.17. The second-order valence-corrected chi connectivity index (χ2v) is 4.88. The summed E-state index contributed by atoms with van der Waals surface area (Å²) in [5, 5.41) is 8.41. The molecule has 1 fully saturated rings. The Bertz CT molecular complexity index is 620. The Morgan fingerprint density at radius 1 is 1.15 bits per heavy atom. The maximum atomic E-state index is 11.7. The molecule has 0 aromatic carbocycles. The van der Waals surface area contributed by atoms with Gasteiger partial charge in [-0.05, 0) is 12.1 Å². The van der Waals surface area contributed by atoms with E-state index in [1.54, 1.807) is 11.1 Å². The van der Waals surface area contributed by atoms with Crippen LogP contribution >= 0.6 is 0 Å². The summed E-state index contributed by atoms with van der Waals surface area (Å²) in [7, 11) is 3.73. The predicted octanol–water partition coefficient (Wildman–Crippen LogP) is 0.155. The molecule has 1 amide bonds. The van der Waals surface area contributed by atoms with Crippen LogP contribution in [0.2, 0.25) is 0 Å². The first kappa shape index (κ1) is 12.6. The Morgan fingerprint density at radius 3 is 2.60 bits per heavy atom. The fraction of sp³-hybridized carbons (Fsp3) is 0.385. The average molecular weight is 272 g/mol. The number of carbonyl (C=O) groups excluding carboxylic acids is 1. The van der Waals surface area contributed by atoms with Crippen molar-refractivity contribution in [2.75, 3.05) is 31.6 Å². The Hall–Kier alpha value is -2.44. The van der Waals surface area contributed by atoms with Gasteiger partial charge in [0.25, 0.3) is 0 Å². The molecule has 0 N–H and O–H groups in total. The summed E-state index contributed by atoms with van der Waals surface area (Å²) in [6.45, 7) is 1.84. The molecule has 20 heavy (non-hydrogen) atoms. The highest BCUT2D eigenvalue weighted by atomic mass is 16.2. The molecule has 104 valence electrons. The van der Waals surface area contributed by atoms with Crippen molar-refractivity contribution in [2.45, 2.75) is 0 Å². The van der Waals surface area contributed by atoms with Crippen molar-refractivity contribution in [3.63, 3.8) is 0 Å². The van der Waals surface area contributed by atoms with E-state index in [4.69, 9.17) is 0 Å². The average Bonchev–Trinajstić information content (AvgIpc) is 2.88. The molecule has 1 saturated heterocycles. The Morgan fingerprint density at radius 2 is 2.00 bits per heavy atom. The van der Waals surface area contributed by atoms with Gasteiger partial charge in [-0.25, -0.2) is 4.98 Å². The van der Waals surface area contributed by atoms with E-state index in [-0.39, 0.29) is 5.91 Å². The van der Waals surface area contributed by atoms with Crippen LogP contribution in [-0.2, 0) is 11.8 Å². The van der Waals surface area contributed by atoms with Gasteiger partial charge in [0.1, 0.15) is 5.69 Å². The van der Waals surface area contributed by atoms with Crippen LogP contribution in [0.4, 0.5) is 5.82 Å². The van der Waals surface area contributed by atoms with Gasteiger partial charge in [-0.3, -0.25) is 4.79 Å². The summed E-state index contributed by atoms with van der Waals surface area (Å²) in [5.41, 5.74) is 0.724. The number of nitrogens with zero attached hydrogens (tertiary/aromatic N) is 6. The van der Waals surface area contributed by atoms with E-state index in [0.29, 0.717) is 13.1 Å². The monoisotopic (exact) mass is 272 g/mol. The Kier molecular flexibility index (Phi) is 3.09. The second-order valence-electron chi connectivity index (χ2n) is 4.88. The Labute approximate surface area is 116 Å². The van der Waals surface area contributed by atoms with Crippen molar-refractivity contribution in [3.8, 4) is 11.5 Å². The summed E-state index contributed by atoms with van der Waals surface area (Å²) >= 11 is 0. The SMILES string of the molecule is CN1CCN(c2ccc(-c3nccn3C)nn2)CC1=O. The molecule has 0 spiro atoms. The van der Waals surface area contributed by atoms with Gasteiger partial charge < -0.3 is 14.4 Å². The van der Waals surface area contributed by atoms with E-state index in [1.807, 2.05) is 41.9 Å². The van der Waals surface area contributed by atoms with E-state index in [0.717, 1.165) is 23.9 Å². The van der Waals surface area contributed by atoms with Crippen molar-refractivity contribution in [1.82, 2.24) is 24.6 Å². The van der Waals surface area contributed by atoms with Crippen LogP contribution in [0.1, 0.15) is 0 Å². The lowest BCUT2D eigenvalue weighted by atomic mass is 10.3. The van der Waals surface area contributed by atoms with Gasteiger partial charge >= 0.3 is 0 Å². The van der Waals surface area contributed by atoms with Crippen molar-refractivity contribution in [1.29, 1.82) is 0 Å². The van der Waals surface area contributed by atoms with Crippen LogP contribution in [0.25, 0.3) is 11.5 Å². The quantitative estimate of drug-likeness (QED) is 0.779. The number of aryl methyl sites for hydroxylation is 1. The van der Waals surface area contributed by atoms with Gasteiger partial charge in [-0.1, -0.05) is 0 Å². The third-order valence-electron chi connectivity index (χ3n) is 3.48. The van der Waals surface area contributed by atoms with Crippen LogP contribution < -0.4 is 4.90 Å². The van der Waals surface area contributed by atoms with Crippen molar-refractivity contribution >= 4 is 11.7 Å². The Balaban J connectivity index is 1.80. The number of anilines is 1. The van der Waals surface area contributed by atoms with Gasteiger partial charge in [0.2, 0.25) is 5.91 Å². The van der Waals surface area contributed by atoms with Crippen molar-refractivity contribution in [2.24, 2.45) is 7.05 Å². The maximum absolute atomic E-state index is 11.7. The molecule has 7 nitrogen and oxygen atoms in total. The molecule has 0 saturated carbocycles. The van der Waals surface area contributed by atoms with Gasteiger partial charge in [0, 0.05) is 39.6 Å². The standard InChI is InChI=1S/C13H16N6O/c1-17-7-8-19(9-12(17)20)11-4-3-10(15-16-11)13-14-5-6-18(13)2/h3-6H,7-9H2,1-2H3. The fourth-order valence-electron chi connectivity index (χ4n) is 2.18. The summed E-state index contributed by atoms with van der Waals surface area (Å²) in [4.78, 5) is 19.6. The molecule has 0 radical (unpaired) electrons. The zero-order chi connectivity index (χ0) is 14.1. The first-order valence-corrected chi connectivity index (χ1v) is 6.45. The van der Waals surface area contributed by atoms with Crippen molar-refractivity contribution in [3.05, 3.63) is 24.5 Å². The van der Waals surface area contributed by atoms with Gasteiger partial charge in [0.05, 0.1) is 6.54 Å². The number of likely N-dealkylation sites (N-methyl/N-ethyl adjacent to an activating group) is 1. The molecule has 7 heteroatoms. The van der Waals surface area contributed by atoms with Crippen LogP contribution in [0.15, 0.2) is 24.5 Å². The molecular weight excluding hydrogens is 256 g/mol. The molecule has 3 rings (SSSR count). The van der Waals surface area contributed by atoms with E-state index in [2.05, 4.69) is 15.2 Å². The summed E-state index contributed by atoms with van der Waals surface area (Å²) < 4.78 is 1.89. The molecule has 0 bridgehead atoms. The molecule has 3 heterocycles. The number of aromatic nitrogens is 4. The van der Waals surface area contributed by atoms with E-state index in [9.17, 15) is 4.79 Å². The lowest BCUT2D eigenvalue weighted by Crippen LogP contribution is -2.48. The molecule has 0 atom stereocenters. The largest absolute Gasteiger partial charge is 0.344 e. The van der Waals surface area contributed by atoms with Crippen LogP contribution in [-0.4, -0.2) is 57.2 Å². The molecule has 0 unspecified atom stereocenters. The number of piperazine rings is 1. The maximum Gasteiger partial charge on any atom is 0.241 e. The van der Waals surface area contributed by atoms with E-state index >= 15 is 0 Å². The van der Waals surface area contributed by atoms with Gasteiger partial charge in [0.15, 0.2) is 11.6 Å². The third kappa shape index (κ3) is 2.22. The number of amides is 1. The minimum absolute atomic E-state index is 0.103. The second kappa shape index (κ2) is 4.92. The first-order valence-electron chi connectivity index (χ1n) is 6.45. The normalized spacial score (nSPS) is 15.8. The van der Waals surface area contributed by atoms with Crippen molar-refractivity contribution < 1.29 is 4.79 Å². The molecule has 2 aromatic rings. The third-order valence-corrected chi connectivity index (χ3v) is 3.48. The lowest BCUT2D eigenvalue weighted by Gasteiger charge is -2.32. The minimum Gasteiger partial charge on any atom is -0.344 e. The molecular formula is C13H16N6O. The highest BCUT2D eigenvalue weighted by molar-refractivity contribution is 5.82. The predicted molar refractivity (Wildman–Crippen MR) is 74.1 cm³/mol. The number of hydrogen-bond donors (Lipinski definition) is 0. The van der Waals surface area contributed by atoms with Crippen LogP contribution in [0.3, 0.4) is 0 Å². The number of hydrogen-bond acceptors (Lipinski definition) is 5. The molecule has 0 aliphatic carbocycles. The highest BCUT2D eigenvalue weighted by Gasteiger charge is 2.22. The van der Waals surface area contributed by atoms with Crippen LogP contribution in [0, 0.1) is 0 Å². The fourth-order valence-corrected chi connectivity index (χ4v) is 2.18. The first-order chi connectivity index (χ1) is 9.65. The zero-order valence-electron chi connectivity index (χ0n) is 11.5. The number of rotatable bonds is 2. The van der Waals surface area contributed by atoms with Crippen LogP contribution in [0.5, 0.6) is 0 Å². The van der Waals surface area contributed by atoms with Gasteiger partial charge in [-0.2, -0.15) is 0 Å². The van der Waals surface area contributed by atoms with E-state index in [1.165, 1.54) is 0 Å². The summed E-state index contributed by atoms with van der Waals surface area (Å²) in [6, 6.07) is 3.77. The minimum atomic E-state index is 0.103. The lowest BCUT2D eigenvalue weighted by molar-refractivity contribution is -0.129. The summed E-state index contributed by atoms with van der Waals surface area (Å²) in [5.74, 6) is 1.61. The van der Waals surface area contributed by atoms with E-state index < -0.39 is 0 Å². The number of imidazole rings is 1. The summed E-state index contributed by atoms with van der Waals surface area (Å²) in [6.07, 6.45) is 3.59. The molecule has 1 aliphatic heterocycles. The molecule has 1 aliphatic rings. The molecule has 2 aromatic heterocycles. The number of carbonyl (C=O) groups is 1. The topological polar surface area (TPSA) is 67.2 Å².